The van der Waals surface area contributed by atoms with Crippen molar-refractivity contribution in [2.75, 3.05) is 0 Å². The molecule has 1 aliphatic heterocycles. The molecule has 4 nitrogen and oxygen atoms in total. The van der Waals surface area contributed by atoms with Gasteiger partial charge in [-0.05, 0) is 78.6 Å². The van der Waals surface area contributed by atoms with Gasteiger partial charge in [-0.2, -0.15) is 13.2 Å². The summed E-state index contributed by atoms with van der Waals surface area (Å²) in [6, 6.07) is 20.3. The molecule has 2 heterocycles. The van der Waals surface area contributed by atoms with E-state index < -0.39 is 17.6 Å². The lowest BCUT2D eigenvalue weighted by atomic mass is 9.92. The number of carbonyl (C=O) groups is 1. The molecule has 4 aromatic rings. The van der Waals surface area contributed by atoms with E-state index in [4.69, 9.17) is 4.84 Å². The third-order valence-corrected chi connectivity index (χ3v) is 6.63. The molecule has 0 amide bonds. The maximum Gasteiger partial charge on any atom is 0.416 e. The van der Waals surface area contributed by atoms with Crippen LogP contribution in [-0.2, 0) is 17.4 Å². The molecule has 0 saturated heterocycles. The second-order valence-corrected chi connectivity index (χ2v) is 9.49. The average Bonchev–Trinajstić information content (AvgIpc) is 3.42. The van der Waals surface area contributed by atoms with E-state index in [0.29, 0.717) is 39.9 Å². The lowest BCUT2D eigenvalue weighted by Crippen LogP contribution is -2.07. The minimum absolute atomic E-state index is 0.0736. The first-order chi connectivity index (χ1) is 18.7. The third-order valence-electron chi connectivity index (χ3n) is 6.63. The van der Waals surface area contributed by atoms with E-state index in [1.54, 1.807) is 43.5 Å². The Balaban J connectivity index is 1.42. The molecule has 0 fully saturated rings. The molecule has 8 heteroatoms. The number of benzene rings is 3. The van der Waals surface area contributed by atoms with Gasteiger partial charge >= 0.3 is 6.18 Å². The van der Waals surface area contributed by atoms with Gasteiger partial charge in [0.25, 0.3) is 0 Å². The summed E-state index contributed by atoms with van der Waals surface area (Å²) in [5.41, 5.74) is 3.84. The molecule has 5 rings (SSSR count). The normalized spacial score (nSPS) is 15.1. The molecule has 0 N–H and O–H groups in total. The van der Waals surface area contributed by atoms with Gasteiger partial charge in [-0.15, -0.1) is 0 Å². The van der Waals surface area contributed by atoms with Crippen LogP contribution in [0.3, 0.4) is 0 Å². The van der Waals surface area contributed by atoms with Crippen LogP contribution < -0.4 is 0 Å². The van der Waals surface area contributed by atoms with Crippen LogP contribution in [0.1, 0.15) is 57.3 Å². The number of alkyl halides is 3. The van der Waals surface area contributed by atoms with Crippen molar-refractivity contribution in [3.63, 3.8) is 0 Å². The number of hydrogen-bond acceptors (Lipinski definition) is 4. The number of ketones is 1. The Hall–Kier alpha value is -4.33. The van der Waals surface area contributed by atoms with Crippen LogP contribution in [0, 0.1) is 12.7 Å². The van der Waals surface area contributed by atoms with Gasteiger partial charge in [-0.25, -0.2) is 4.39 Å². The third kappa shape index (κ3) is 6.06. The summed E-state index contributed by atoms with van der Waals surface area (Å²) in [4.78, 5) is 23.2. The molecule has 198 valence electrons. The Morgan fingerprint density at radius 3 is 2.44 bits per heavy atom. The van der Waals surface area contributed by atoms with Gasteiger partial charge in [-0.3, -0.25) is 9.78 Å². The second kappa shape index (κ2) is 10.8. The number of rotatable bonds is 7. The maximum atomic E-state index is 14.9. The van der Waals surface area contributed by atoms with Crippen molar-refractivity contribution in [3.8, 4) is 11.1 Å². The highest BCUT2D eigenvalue weighted by atomic mass is 19.4. The molecule has 1 aromatic heterocycles. The maximum absolute atomic E-state index is 14.9. The van der Waals surface area contributed by atoms with Gasteiger partial charge in [0.05, 0.1) is 17.0 Å². The van der Waals surface area contributed by atoms with Gasteiger partial charge in [0.1, 0.15) is 5.82 Å². The summed E-state index contributed by atoms with van der Waals surface area (Å²) in [5, 5.41) is 4.24. The molecule has 39 heavy (non-hydrogen) atoms. The molecule has 0 bridgehead atoms. The average molecular weight is 533 g/mol. The zero-order valence-corrected chi connectivity index (χ0v) is 21.0. The first-order valence-corrected chi connectivity index (χ1v) is 12.4. The van der Waals surface area contributed by atoms with Crippen molar-refractivity contribution >= 4 is 11.5 Å². The molecular weight excluding hydrogens is 508 g/mol. The van der Waals surface area contributed by atoms with E-state index >= 15 is 0 Å². The summed E-state index contributed by atoms with van der Waals surface area (Å²) < 4.78 is 53.5. The number of halogens is 4. The standard InChI is InChI=1S/C31H24F4N2O2/c1-19-5-11-25(26(32)14-19)21-15-22(28-18-30(39-37-28)27-4-2-3-13-36-27)17-23(16-21)29(38)12-8-20-6-9-24(10-7-20)31(33,34)35/h2-7,9-11,13-17,30H,8,12,18H2,1H3. The van der Waals surface area contributed by atoms with E-state index in [0.717, 1.165) is 23.4 Å². The van der Waals surface area contributed by atoms with E-state index in [2.05, 4.69) is 10.1 Å². The summed E-state index contributed by atoms with van der Waals surface area (Å²) in [7, 11) is 0. The monoisotopic (exact) mass is 532 g/mol. The number of pyridine rings is 1. The number of nitrogens with zero attached hydrogens (tertiary/aromatic N) is 2. The molecule has 0 spiro atoms. The predicted octanol–water partition coefficient (Wildman–Crippen LogP) is 7.90. The van der Waals surface area contributed by atoms with Crippen LogP contribution in [0.25, 0.3) is 11.1 Å². The number of aryl methyl sites for hydroxylation is 2. The Kier molecular flexibility index (Phi) is 7.28. The minimum atomic E-state index is -4.42. The van der Waals surface area contributed by atoms with Gasteiger partial charge in [0.2, 0.25) is 0 Å². The Bertz CT molecular complexity index is 1530. The summed E-state index contributed by atoms with van der Waals surface area (Å²) >= 11 is 0. The van der Waals surface area contributed by atoms with Crippen LogP contribution in [0.5, 0.6) is 0 Å². The first kappa shape index (κ1) is 26.3. The Morgan fingerprint density at radius 2 is 1.74 bits per heavy atom. The van der Waals surface area contributed by atoms with E-state index in [9.17, 15) is 22.4 Å². The van der Waals surface area contributed by atoms with Crippen LogP contribution in [0.2, 0.25) is 0 Å². The van der Waals surface area contributed by atoms with Crippen LogP contribution in [0.4, 0.5) is 17.6 Å². The zero-order valence-electron chi connectivity index (χ0n) is 21.0. The number of aromatic nitrogens is 1. The van der Waals surface area contributed by atoms with Crippen molar-refractivity contribution in [1.82, 2.24) is 4.98 Å². The Morgan fingerprint density at radius 1 is 0.974 bits per heavy atom. The molecule has 1 atom stereocenters. The molecular formula is C31H24F4N2O2. The highest BCUT2D eigenvalue weighted by Crippen LogP contribution is 2.32. The minimum Gasteiger partial charge on any atom is -0.385 e. The van der Waals surface area contributed by atoms with Crippen molar-refractivity contribution in [1.29, 1.82) is 0 Å². The first-order valence-electron chi connectivity index (χ1n) is 12.4. The van der Waals surface area contributed by atoms with Crippen LogP contribution in [0.15, 0.2) is 90.2 Å². The number of oxime groups is 1. The van der Waals surface area contributed by atoms with Gasteiger partial charge < -0.3 is 4.84 Å². The van der Waals surface area contributed by atoms with Crippen molar-refractivity contribution in [2.24, 2.45) is 5.16 Å². The summed E-state index contributed by atoms with van der Waals surface area (Å²) in [5.74, 6) is -0.627. The van der Waals surface area contributed by atoms with Crippen LogP contribution in [-0.4, -0.2) is 16.5 Å². The van der Waals surface area contributed by atoms with Gasteiger partial charge in [0.15, 0.2) is 11.9 Å². The number of Topliss-reactive ketones (excluding diaryl/α,β-unsaturated/α-hetero) is 1. The molecule has 1 aliphatic rings. The SMILES string of the molecule is Cc1ccc(-c2cc(C(=O)CCc3ccc(C(F)(F)F)cc3)cc(C3=NOC(c4ccccn4)C3)c2)c(F)c1. The van der Waals surface area contributed by atoms with E-state index in [1.165, 1.54) is 18.2 Å². The predicted molar refractivity (Wildman–Crippen MR) is 140 cm³/mol. The van der Waals surface area contributed by atoms with Crippen LogP contribution >= 0.6 is 0 Å². The van der Waals surface area contributed by atoms with E-state index in [-0.39, 0.29) is 24.7 Å². The molecule has 3 aromatic carbocycles. The second-order valence-electron chi connectivity index (χ2n) is 9.49. The van der Waals surface area contributed by atoms with E-state index in [1.807, 2.05) is 18.2 Å². The fourth-order valence-corrected chi connectivity index (χ4v) is 4.50. The highest BCUT2D eigenvalue weighted by Gasteiger charge is 2.30. The molecule has 0 aliphatic carbocycles. The van der Waals surface area contributed by atoms with Crippen molar-refractivity contribution in [2.45, 2.75) is 38.5 Å². The fourth-order valence-electron chi connectivity index (χ4n) is 4.50. The number of hydrogen-bond donors (Lipinski definition) is 0. The molecule has 0 radical (unpaired) electrons. The lowest BCUT2D eigenvalue weighted by molar-refractivity contribution is -0.137. The quantitative estimate of drug-likeness (QED) is 0.180. The highest BCUT2D eigenvalue weighted by molar-refractivity contribution is 6.05. The zero-order chi connectivity index (χ0) is 27.6. The van der Waals surface area contributed by atoms with Crippen molar-refractivity contribution < 1.29 is 27.2 Å². The van der Waals surface area contributed by atoms with Crippen molar-refractivity contribution in [3.05, 3.63) is 124 Å². The smallest absolute Gasteiger partial charge is 0.385 e. The van der Waals surface area contributed by atoms with Gasteiger partial charge in [-0.1, -0.05) is 35.5 Å². The topological polar surface area (TPSA) is 51.5 Å². The summed E-state index contributed by atoms with van der Waals surface area (Å²) in [6.45, 7) is 1.79. The lowest BCUT2D eigenvalue weighted by Gasteiger charge is -2.11. The van der Waals surface area contributed by atoms with Gasteiger partial charge in [0, 0.05) is 35.7 Å². The summed E-state index contributed by atoms with van der Waals surface area (Å²) in [6.07, 6.45) is -2.36. The fraction of sp³-hybridized carbons (Fsp3) is 0.194. The molecule has 1 unspecified atom stereocenters. The Labute approximate surface area is 223 Å². The number of carbonyl (C=O) groups excluding carboxylic acids is 1. The largest absolute Gasteiger partial charge is 0.416 e. The molecule has 0 saturated carbocycles.